The highest BCUT2D eigenvalue weighted by Gasteiger charge is 2.31. The summed E-state index contributed by atoms with van der Waals surface area (Å²) in [5.74, 6) is -1.02. The summed E-state index contributed by atoms with van der Waals surface area (Å²) in [4.78, 5) is 42.9. The van der Waals surface area contributed by atoms with Crippen LogP contribution in [0.15, 0.2) is 95.0 Å². The normalized spacial score (nSPS) is 19.4. The van der Waals surface area contributed by atoms with Gasteiger partial charge in [-0.3, -0.25) is 28.2 Å². The fourth-order valence-electron chi connectivity index (χ4n) is 8.92. The number of methoxy groups -OCH3 is 2. The lowest BCUT2D eigenvalue weighted by Gasteiger charge is -2.14. The number of rotatable bonds is 6. The van der Waals surface area contributed by atoms with Gasteiger partial charge in [-0.05, 0) is 98.2 Å². The second-order valence-corrected chi connectivity index (χ2v) is 15.3. The van der Waals surface area contributed by atoms with Crippen molar-refractivity contribution in [2.45, 2.75) is 62.8 Å². The first-order valence-electron chi connectivity index (χ1n) is 19.4. The first kappa shape index (κ1) is 37.5. The lowest BCUT2D eigenvalue weighted by molar-refractivity contribution is 0.105. The lowest BCUT2D eigenvalue weighted by Crippen LogP contribution is -2.25. The average Bonchev–Trinajstić information content (AvgIpc) is 4.03. The van der Waals surface area contributed by atoms with E-state index in [1.54, 1.807) is 62.0 Å². The summed E-state index contributed by atoms with van der Waals surface area (Å²) in [6.45, 7) is 0. The fourth-order valence-corrected chi connectivity index (χ4v) is 8.92. The summed E-state index contributed by atoms with van der Waals surface area (Å²) in [5, 5.41) is 1.81. The molecule has 10 rings (SSSR count). The van der Waals surface area contributed by atoms with E-state index in [9.17, 15) is 18.4 Å². The Morgan fingerprint density at radius 3 is 1.33 bits per heavy atom. The summed E-state index contributed by atoms with van der Waals surface area (Å²) >= 11 is 0. The average molecular weight is 785 g/mol. The van der Waals surface area contributed by atoms with E-state index in [1.807, 2.05) is 45.5 Å². The first-order valence-corrected chi connectivity index (χ1v) is 19.4. The number of hydrogen-bond donors (Lipinski definition) is 0. The quantitative estimate of drug-likeness (QED) is 0.158. The Labute approximate surface area is 331 Å². The van der Waals surface area contributed by atoms with Gasteiger partial charge in [0.05, 0.1) is 57.7 Å². The Bertz CT molecular complexity index is 2750. The van der Waals surface area contributed by atoms with E-state index in [-0.39, 0.29) is 35.7 Å². The highest BCUT2D eigenvalue weighted by atomic mass is 19.1. The monoisotopic (exact) mass is 784 g/mol. The van der Waals surface area contributed by atoms with Gasteiger partial charge in [-0.15, -0.1) is 0 Å². The Kier molecular flexibility index (Phi) is 9.68. The third-order valence-corrected chi connectivity index (χ3v) is 12.1. The number of fused-ring (bicyclic) bond motifs is 6. The van der Waals surface area contributed by atoms with Crippen molar-refractivity contribution < 1.29 is 18.3 Å². The molecule has 296 valence electrons. The van der Waals surface area contributed by atoms with Crippen molar-refractivity contribution in [1.82, 2.24) is 38.2 Å². The van der Waals surface area contributed by atoms with E-state index >= 15 is 0 Å². The molecule has 0 radical (unpaired) electrons. The summed E-state index contributed by atoms with van der Waals surface area (Å²) < 4.78 is 44.6. The largest absolute Gasteiger partial charge is 0.381 e. The zero-order chi connectivity index (χ0) is 40.2. The highest BCUT2D eigenvalue weighted by Crippen LogP contribution is 2.37. The topological polar surface area (TPSA) is 124 Å². The van der Waals surface area contributed by atoms with Crippen LogP contribution < -0.4 is 11.4 Å². The van der Waals surface area contributed by atoms with Crippen LogP contribution in [0, 0.1) is 11.9 Å². The molecule has 14 heteroatoms. The third-order valence-electron chi connectivity index (χ3n) is 12.1. The van der Waals surface area contributed by atoms with Crippen LogP contribution in [-0.4, -0.2) is 64.6 Å². The Morgan fingerprint density at radius 2 is 0.966 bits per heavy atom. The molecule has 2 fully saturated rings. The summed E-state index contributed by atoms with van der Waals surface area (Å²) in [6.07, 6.45) is 12.2. The van der Waals surface area contributed by atoms with Crippen molar-refractivity contribution in [2.75, 3.05) is 14.2 Å². The Balaban J connectivity index is 0.000000150. The lowest BCUT2D eigenvalue weighted by atomic mass is 10.0. The Hall–Kier alpha value is -6.12. The van der Waals surface area contributed by atoms with Crippen LogP contribution in [0.4, 0.5) is 8.78 Å². The highest BCUT2D eigenvalue weighted by molar-refractivity contribution is 6.05. The van der Waals surface area contributed by atoms with E-state index in [4.69, 9.17) is 9.47 Å². The number of aromatic nitrogens is 8. The molecule has 0 saturated heterocycles. The van der Waals surface area contributed by atoms with Crippen LogP contribution in [-0.2, 0) is 23.6 Å². The number of hydrogen-bond acceptors (Lipinski definition) is 8. The maximum Gasteiger partial charge on any atom is 0.329 e. The minimum Gasteiger partial charge on any atom is -0.381 e. The molecule has 6 aromatic heterocycles. The van der Waals surface area contributed by atoms with Crippen molar-refractivity contribution >= 4 is 43.9 Å². The summed E-state index contributed by atoms with van der Waals surface area (Å²) in [5.41, 5.74) is 8.39. The number of imidazole rings is 2. The van der Waals surface area contributed by atoms with Gasteiger partial charge in [0.15, 0.2) is 0 Å². The van der Waals surface area contributed by atoms with Gasteiger partial charge in [0.1, 0.15) is 0 Å². The van der Waals surface area contributed by atoms with Crippen LogP contribution in [0.2, 0.25) is 0 Å². The molecule has 8 aromatic rings. The number of nitrogens with zero attached hydrogens (tertiary/aromatic N) is 8. The molecule has 2 aromatic carbocycles. The molecule has 0 spiro atoms. The van der Waals surface area contributed by atoms with Crippen molar-refractivity contribution in [1.29, 1.82) is 0 Å². The molecule has 0 aliphatic heterocycles. The van der Waals surface area contributed by atoms with Gasteiger partial charge in [-0.2, -0.15) is 8.78 Å². The molecule has 4 atom stereocenters. The molecular formula is C44H42F2N8O4. The standard InChI is InChI=1S/2C22H21FN4O2/c2*1-26-19-12-24-18-7-3-13(14-4-8-20(23)25-11-14)9-17(18)21(19)27(22(26)28)15-5-6-16(10-15)29-2/h2*3-4,7-9,11-12,15-16H,5-6,10H2,1-2H3/t2*15-,16-/m10/s1. The maximum atomic E-state index is 13.2. The van der Waals surface area contributed by atoms with Crippen LogP contribution in [0.25, 0.3) is 66.1 Å². The predicted molar refractivity (Wildman–Crippen MR) is 219 cm³/mol. The van der Waals surface area contributed by atoms with Crippen LogP contribution in [0.5, 0.6) is 0 Å². The molecule has 0 unspecified atom stereocenters. The molecule has 2 aliphatic carbocycles. The zero-order valence-electron chi connectivity index (χ0n) is 32.6. The van der Waals surface area contributed by atoms with E-state index in [0.717, 1.165) is 105 Å². The van der Waals surface area contributed by atoms with Crippen LogP contribution >= 0.6 is 0 Å². The second-order valence-electron chi connectivity index (χ2n) is 15.3. The second kappa shape index (κ2) is 15.0. The minimum atomic E-state index is -0.510. The van der Waals surface area contributed by atoms with Gasteiger partial charge in [-0.25, -0.2) is 19.6 Å². The first-order chi connectivity index (χ1) is 28.1. The number of ether oxygens (including phenoxy) is 2. The SMILES string of the molecule is CO[C@@H]1CC[C@@H](n2c(=O)n(C)c3cnc4ccc(-c5ccc(F)nc5)cc4c32)C1.CO[C@H]1CC[C@H](n2c(=O)n(C)c3cnc4ccc(-c5ccc(F)nc5)cc4c32)C1. The van der Waals surface area contributed by atoms with Gasteiger partial charge in [-0.1, -0.05) is 12.1 Å². The van der Waals surface area contributed by atoms with Gasteiger partial charge in [0.25, 0.3) is 0 Å². The van der Waals surface area contributed by atoms with Gasteiger partial charge >= 0.3 is 11.4 Å². The third kappa shape index (κ3) is 6.45. The van der Waals surface area contributed by atoms with Crippen LogP contribution in [0.3, 0.4) is 0 Å². The molecule has 6 heterocycles. The number of halogens is 2. The molecule has 2 saturated carbocycles. The fraction of sp³-hybridized carbons (Fsp3) is 0.318. The molecular weight excluding hydrogens is 743 g/mol. The zero-order valence-corrected chi connectivity index (χ0v) is 32.6. The van der Waals surface area contributed by atoms with E-state index in [2.05, 4.69) is 19.9 Å². The molecule has 2 aliphatic rings. The van der Waals surface area contributed by atoms with E-state index in [0.29, 0.717) is 0 Å². The molecule has 0 N–H and O–H groups in total. The molecule has 12 nitrogen and oxygen atoms in total. The van der Waals surface area contributed by atoms with Crippen LogP contribution in [0.1, 0.15) is 50.6 Å². The Morgan fingerprint density at radius 1 is 0.552 bits per heavy atom. The predicted octanol–water partition coefficient (Wildman–Crippen LogP) is 7.66. The van der Waals surface area contributed by atoms with Gasteiger partial charge in [0, 0.05) is 74.7 Å². The molecule has 58 heavy (non-hydrogen) atoms. The minimum absolute atomic E-state index is 0.0371. The molecule has 0 bridgehead atoms. The van der Waals surface area contributed by atoms with Crippen molar-refractivity contribution in [3.8, 4) is 22.3 Å². The number of aryl methyl sites for hydroxylation is 2. The van der Waals surface area contributed by atoms with Crippen molar-refractivity contribution in [2.24, 2.45) is 14.1 Å². The summed E-state index contributed by atoms with van der Waals surface area (Å²) in [6, 6.07) is 18.1. The van der Waals surface area contributed by atoms with Crippen molar-refractivity contribution in [3.05, 3.63) is 118 Å². The number of benzene rings is 2. The maximum absolute atomic E-state index is 13.2. The number of pyridine rings is 4. The summed E-state index contributed by atoms with van der Waals surface area (Å²) in [7, 11) is 7.01. The van der Waals surface area contributed by atoms with Gasteiger partial charge < -0.3 is 9.47 Å². The van der Waals surface area contributed by atoms with Crippen molar-refractivity contribution in [3.63, 3.8) is 0 Å². The van der Waals surface area contributed by atoms with E-state index < -0.39 is 11.9 Å². The smallest absolute Gasteiger partial charge is 0.329 e. The van der Waals surface area contributed by atoms with E-state index in [1.165, 1.54) is 24.5 Å². The molecule has 0 amide bonds. The van der Waals surface area contributed by atoms with Gasteiger partial charge in [0.2, 0.25) is 11.9 Å².